The van der Waals surface area contributed by atoms with E-state index >= 15 is 0 Å². The van der Waals surface area contributed by atoms with Crippen LogP contribution in [-0.2, 0) is 9.53 Å². The summed E-state index contributed by atoms with van der Waals surface area (Å²) in [4.78, 5) is 14.5. The molecule has 0 amide bonds. The lowest BCUT2D eigenvalue weighted by Gasteiger charge is -2.47. The number of hydrogen-bond acceptors (Lipinski definition) is 4. The minimum Gasteiger partial charge on any atom is -0.469 e. The topological polar surface area (TPSA) is 41.6 Å². The number of carbonyl (C=O) groups excluding carboxylic acids is 1. The van der Waals surface area contributed by atoms with E-state index in [9.17, 15) is 4.79 Å². The van der Waals surface area contributed by atoms with Crippen LogP contribution in [0.3, 0.4) is 0 Å². The number of nitrogens with zero attached hydrogens (tertiary/aromatic N) is 1. The summed E-state index contributed by atoms with van der Waals surface area (Å²) < 4.78 is 4.99. The number of hydrogen-bond donors (Lipinski definition) is 1. The van der Waals surface area contributed by atoms with E-state index < -0.39 is 0 Å². The molecule has 4 nitrogen and oxygen atoms in total. The first-order valence-corrected chi connectivity index (χ1v) is 8.33. The van der Waals surface area contributed by atoms with Crippen LogP contribution in [0.2, 0.25) is 0 Å². The van der Waals surface area contributed by atoms with E-state index in [1.807, 2.05) is 0 Å². The molecule has 1 saturated carbocycles. The summed E-state index contributed by atoms with van der Waals surface area (Å²) in [6.45, 7) is 12.0. The lowest BCUT2D eigenvalue weighted by Crippen LogP contribution is -2.57. The van der Waals surface area contributed by atoms with Crippen molar-refractivity contribution in [3.63, 3.8) is 0 Å². The van der Waals surface area contributed by atoms with E-state index in [1.54, 1.807) is 0 Å². The fourth-order valence-electron chi connectivity index (χ4n) is 3.53. The average molecular weight is 296 g/mol. The van der Waals surface area contributed by atoms with Gasteiger partial charge >= 0.3 is 5.97 Å². The van der Waals surface area contributed by atoms with Crippen molar-refractivity contribution in [2.75, 3.05) is 26.7 Å². The van der Waals surface area contributed by atoms with Gasteiger partial charge in [-0.3, -0.25) is 9.69 Å². The van der Waals surface area contributed by atoms with E-state index in [1.165, 1.54) is 20.0 Å². The maximum absolute atomic E-state index is 12.0. The molecule has 0 aromatic carbocycles. The SMILES string of the molecule is COC(=O)C1CC(NCC(C)(C)C)CN(C2CC(C)C2)C1. The quantitative estimate of drug-likeness (QED) is 0.808. The largest absolute Gasteiger partial charge is 0.469 e. The van der Waals surface area contributed by atoms with Crippen LogP contribution in [0, 0.1) is 17.3 Å². The Kier molecular flexibility index (Phi) is 5.31. The van der Waals surface area contributed by atoms with Gasteiger partial charge in [0.1, 0.15) is 0 Å². The molecule has 21 heavy (non-hydrogen) atoms. The van der Waals surface area contributed by atoms with Gasteiger partial charge in [-0.25, -0.2) is 0 Å². The summed E-state index contributed by atoms with van der Waals surface area (Å²) in [6.07, 6.45) is 3.46. The van der Waals surface area contributed by atoms with Crippen LogP contribution < -0.4 is 5.32 Å². The fourth-order valence-corrected chi connectivity index (χ4v) is 3.53. The van der Waals surface area contributed by atoms with Gasteiger partial charge in [0.15, 0.2) is 0 Å². The van der Waals surface area contributed by atoms with Crippen molar-refractivity contribution in [2.24, 2.45) is 17.3 Å². The minimum absolute atomic E-state index is 0.0251. The first kappa shape index (κ1) is 16.8. The van der Waals surface area contributed by atoms with Crippen molar-refractivity contribution in [2.45, 2.75) is 59.0 Å². The monoisotopic (exact) mass is 296 g/mol. The number of carbonyl (C=O) groups is 1. The summed E-state index contributed by atoms with van der Waals surface area (Å²) in [5.74, 6) is 0.821. The van der Waals surface area contributed by atoms with Gasteiger partial charge in [0, 0.05) is 31.7 Å². The van der Waals surface area contributed by atoms with Gasteiger partial charge in [0.25, 0.3) is 0 Å². The van der Waals surface area contributed by atoms with Crippen molar-refractivity contribution >= 4 is 5.97 Å². The normalized spacial score (nSPS) is 34.3. The Hall–Kier alpha value is -0.610. The van der Waals surface area contributed by atoms with Gasteiger partial charge in [-0.15, -0.1) is 0 Å². The highest BCUT2D eigenvalue weighted by Crippen LogP contribution is 2.34. The fraction of sp³-hybridized carbons (Fsp3) is 0.941. The predicted molar refractivity (Wildman–Crippen MR) is 85.1 cm³/mol. The zero-order chi connectivity index (χ0) is 15.6. The van der Waals surface area contributed by atoms with E-state index in [4.69, 9.17) is 4.74 Å². The Morgan fingerprint density at radius 1 is 1.24 bits per heavy atom. The number of methoxy groups -OCH3 is 1. The Balaban J connectivity index is 1.94. The van der Waals surface area contributed by atoms with Crippen LogP contribution in [0.1, 0.15) is 47.0 Å². The Morgan fingerprint density at radius 3 is 2.43 bits per heavy atom. The van der Waals surface area contributed by atoms with Gasteiger partial charge in [0.05, 0.1) is 13.0 Å². The molecule has 1 aliphatic carbocycles. The minimum atomic E-state index is -0.0466. The van der Waals surface area contributed by atoms with Gasteiger partial charge in [0.2, 0.25) is 0 Å². The average Bonchev–Trinajstić information content (AvgIpc) is 2.39. The third-order valence-electron chi connectivity index (χ3n) is 4.80. The molecular formula is C17H32N2O2. The van der Waals surface area contributed by atoms with Crippen LogP contribution in [0.4, 0.5) is 0 Å². The molecule has 2 fully saturated rings. The van der Waals surface area contributed by atoms with Crippen LogP contribution >= 0.6 is 0 Å². The first-order chi connectivity index (χ1) is 9.78. The van der Waals surface area contributed by atoms with E-state index in [0.717, 1.165) is 32.0 Å². The number of esters is 1. The number of likely N-dealkylation sites (tertiary alicyclic amines) is 1. The highest BCUT2D eigenvalue weighted by molar-refractivity contribution is 5.72. The summed E-state index contributed by atoms with van der Waals surface area (Å²) in [5, 5.41) is 3.67. The van der Waals surface area contributed by atoms with Crippen LogP contribution in [0.5, 0.6) is 0 Å². The van der Waals surface area contributed by atoms with Crippen LogP contribution in [-0.4, -0.2) is 49.7 Å². The molecule has 0 aromatic heterocycles. The molecule has 0 aromatic rings. The van der Waals surface area contributed by atoms with Crippen molar-refractivity contribution < 1.29 is 9.53 Å². The molecule has 1 N–H and O–H groups in total. The summed E-state index contributed by atoms with van der Waals surface area (Å²) in [5.41, 5.74) is 0.272. The molecule has 0 bridgehead atoms. The van der Waals surface area contributed by atoms with Crippen molar-refractivity contribution in [1.29, 1.82) is 0 Å². The van der Waals surface area contributed by atoms with Crippen LogP contribution in [0.25, 0.3) is 0 Å². The third-order valence-corrected chi connectivity index (χ3v) is 4.80. The smallest absolute Gasteiger partial charge is 0.310 e. The zero-order valence-electron chi connectivity index (χ0n) is 14.3. The summed E-state index contributed by atoms with van der Waals surface area (Å²) in [6, 6.07) is 1.07. The molecular weight excluding hydrogens is 264 g/mol. The highest BCUT2D eigenvalue weighted by atomic mass is 16.5. The molecule has 2 atom stereocenters. The standard InChI is InChI=1S/C17H32N2O2/c1-12-6-15(7-12)19-9-13(16(20)21-5)8-14(10-19)18-11-17(2,3)4/h12-15,18H,6-11H2,1-5H3. The summed E-state index contributed by atoms with van der Waals surface area (Å²) in [7, 11) is 1.50. The second-order valence-corrected chi connectivity index (χ2v) is 8.28. The van der Waals surface area contributed by atoms with E-state index in [-0.39, 0.29) is 17.3 Å². The number of rotatable bonds is 4. The molecule has 2 unspecified atom stereocenters. The first-order valence-electron chi connectivity index (χ1n) is 8.33. The Labute approximate surface area is 129 Å². The molecule has 0 spiro atoms. The summed E-state index contributed by atoms with van der Waals surface area (Å²) >= 11 is 0. The third kappa shape index (κ3) is 4.68. The van der Waals surface area contributed by atoms with Gasteiger partial charge < -0.3 is 10.1 Å². The van der Waals surface area contributed by atoms with E-state index in [0.29, 0.717) is 12.1 Å². The van der Waals surface area contributed by atoms with Gasteiger partial charge in [-0.2, -0.15) is 0 Å². The predicted octanol–water partition coefficient (Wildman–Crippen LogP) is 2.28. The maximum Gasteiger partial charge on any atom is 0.310 e. The van der Waals surface area contributed by atoms with Crippen molar-refractivity contribution in [1.82, 2.24) is 10.2 Å². The van der Waals surface area contributed by atoms with Gasteiger partial charge in [-0.05, 0) is 30.6 Å². The molecule has 2 aliphatic rings. The molecule has 1 heterocycles. The number of nitrogens with one attached hydrogen (secondary N) is 1. The highest BCUT2D eigenvalue weighted by Gasteiger charge is 2.39. The molecule has 1 aliphatic heterocycles. The van der Waals surface area contributed by atoms with Crippen LogP contribution in [0.15, 0.2) is 0 Å². The molecule has 0 radical (unpaired) electrons. The van der Waals surface area contributed by atoms with Crippen molar-refractivity contribution in [3.05, 3.63) is 0 Å². The number of piperidine rings is 1. The number of ether oxygens (including phenoxy) is 1. The maximum atomic E-state index is 12.0. The molecule has 122 valence electrons. The molecule has 2 rings (SSSR count). The second kappa shape index (κ2) is 6.66. The Bertz CT molecular complexity index is 358. The van der Waals surface area contributed by atoms with E-state index in [2.05, 4.69) is 37.9 Å². The lowest BCUT2D eigenvalue weighted by atomic mass is 9.79. The Morgan fingerprint density at radius 2 is 1.90 bits per heavy atom. The molecule has 4 heteroatoms. The van der Waals surface area contributed by atoms with Gasteiger partial charge in [-0.1, -0.05) is 27.7 Å². The zero-order valence-corrected chi connectivity index (χ0v) is 14.3. The van der Waals surface area contributed by atoms with Crippen molar-refractivity contribution in [3.8, 4) is 0 Å². The second-order valence-electron chi connectivity index (χ2n) is 8.28. The molecule has 1 saturated heterocycles. The lowest BCUT2D eigenvalue weighted by molar-refractivity contribution is -0.148.